The molecule has 0 unspecified atom stereocenters. The van der Waals surface area contributed by atoms with E-state index >= 15 is 0 Å². The number of ketones is 1. The van der Waals surface area contributed by atoms with E-state index in [0.29, 0.717) is 12.8 Å². The fraction of sp³-hybridized carbons (Fsp3) is 0.583. The molecule has 2 rings (SSSR count). The number of Topliss-reactive ketones (excluding diaryl/α,β-unsaturated/α-hetero) is 1. The van der Waals surface area contributed by atoms with E-state index in [1.807, 2.05) is 5.32 Å². The van der Waals surface area contributed by atoms with Crippen molar-refractivity contribution < 1.29 is 22.8 Å². The maximum Gasteiger partial charge on any atom is 0.471 e. The molecule has 22 heavy (non-hydrogen) atoms. The molecule has 0 spiro atoms. The largest absolute Gasteiger partial charge is 0.471 e. The van der Waals surface area contributed by atoms with Crippen LogP contribution < -0.4 is 5.32 Å². The topological polar surface area (TPSA) is 64.0 Å². The number of carbonyl (C=O) groups excluding carboxylic acids is 2. The van der Waals surface area contributed by atoms with Crippen molar-refractivity contribution in [3.63, 3.8) is 0 Å². The summed E-state index contributed by atoms with van der Waals surface area (Å²) in [5.41, 5.74) is -1.52. The van der Waals surface area contributed by atoms with Gasteiger partial charge in [-0.05, 0) is 12.8 Å². The van der Waals surface area contributed by atoms with E-state index in [-0.39, 0.29) is 29.7 Å². The Balaban J connectivity index is 2.18. The van der Waals surface area contributed by atoms with E-state index in [9.17, 15) is 22.8 Å². The summed E-state index contributed by atoms with van der Waals surface area (Å²) in [6.45, 7) is -0.309. The number of hydrogen-bond donors (Lipinski definition) is 1. The normalized spacial score (nSPS) is 17.5. The second-order valence-electron chi connectivity index (χ2n) is 5.12. The van der Waals surface area contributed by atoms with Crippen molar-refractivity contribution in [1.29, 1.82) is 0 Å². The number of nitrogens with one attached hydrogen (secondary N) is 1. The van der Waals surface area contributed by atoms with Crippen molar-refractivity contribution in [2.75, 3.05) is 0 Å². The van der Waals surface area contributed by atoms with E-state index in [0.717, 1.165) is 0 Å². The molecular weight excluding hydrogens is 346 g/mol. The quantitative estimate of drug-likeness (QED) is 0.900. The molecule has 1 aromatic rings. The Hall–Kier alpha value is -1.28. The third kappa shape index (κ3) is 3.38. The van der Waals surface area contributed by atoms with E-state index in [4.69, 9.17) is 23.2 Å². The van der Waals surface area contributed by atoms with Gasteiger partial charge in [0.05, 0.1) is 12.9 Å². The minimum absolute atomic E-state index is 0.00531. The molecule has 0 aromatic carbocycles. The number of aromatic nitrogens is 2. The van der Waals surface area contributed by atoms with Crippen LogP contribution in [0.3, 0.4) is 0 Å². The van der Waals surface area contributed by atoms with Gasteiger partial charge in [0, 0.05) is 0 Å². The number of hydrogen-bond acceptors (Lipinski definition) is 3. The zero-order chi connectivity index (χ0) is 16.5. The summed E-state index contributed by atoms with van der Waals surface area (Å²) in [6.07, 6.45) is -2.38. The summed E-state index contributed by atoms with van der Waals surface area (Å²) in [4.78, 5) is 27.3. The Bertz CT molecular complexity index is 595. The third-order valence-corrected chi connectivity index (χ3v) is 4.42. The molecule has 1 saturated carbocycles. The molecule has 1 aliphatic rings. The van der Waals surface area contributed by atoms with Crippen LogP contribution in [0.2, 0.25) is 10.3 Å². The SMILES string of the molecule is O=C(NC1(C(=O)Cn2cnc(Cl)c2Cl)CCCC1)C(F)(F)F. The van der Waals surface area contributed by atoms with Crippen LogP contribution in [0.15, 0.2) is 6.33 Å². The lowest BCUT2D eigenvalue weighted by atomic mass is 9.91. The van der Waals surface area contributed by atoms with Crippen LogP contribution in [0.25, 0.3) is 0 Å². The molecule has 1 aromatic heterocycles. The second kappa shape index (κ2) is 6.08. The molecular formula is C12H12Cl2F3N3O2. The molecule has 1 aliphatic carbocycles. The van der Waals surface area contributed by atoms with Crippen molar-refractivity contribution in [3.05, 3.63) is 16.6 Å². The van der Waals surface area contributed by atoms with Gasteiger partial charge in [0.15, 0.2) is 10.9 Å². The highest BCUT2D eigenvalue weighted by Gasteiger charge is 2.48. The Kier molecular flexibility index (Phi) is 4.72. The van der Waals surface area contributed by atoms with Gasteiger partial charge >= 0.3 is 12.1 Å². The molecule has 0 atom stereocenters. The summed E-state index contributed by atoms with van der Waals surface area (Å²) in [5, 5.41) is 1.87. The van der Waals surface area contributed by atoms with E-state index < -0.39 is 23.4 Å². The standard InChI is InChI=1S/C12H12Cl2F3N3O2/c13-8-9(14)20(6-18-8)5-7(21)11(3-1-2-4-11)19-10(22)12(15,16)17/h6H,1-5H2,(H,19,22). The van der Waals surface area contributed by atoms with Crippen molar-refractivity contribution in [2.45, 2.75) is 43.9 Å². The van der Waals surface area contributed by atoms with Crippen molar-refractivity contribution >= 4 is 34.9 Å². The van der Waals surface area contributed by atoms with Crippen LogP contribution in [-0.2, 0) is 16.1 Å². The number of carbonyl (C=O) groups is 2. The molecule has 1 heterocycles. The number of alkyl halides is 3. The molecule has 5 nitrogen and oxygen atoms in total. The van der Waals surface area contributed by atoms with Crippen LogP contribution in [0.4, 0.5) is 13.2 Å². The fourth-order valence-electron chi connectivity index (χ4n) is 2.50. The van der Waals surface area contributed by atoms with Gasteiger partial charge < -0.3 is 9.88 Å². The first-order valence-electron chi connectivity index (χ1n) is 6.44. The second-order valence-corrected chi connectivity index (χ2v) is 5.83. The van der Waals surface area contributed by atoms with E-state index in [1.54, 1.807) is 0 Å². The highest BCUT2D eigenvalue weighted by molar-refractivity contribution is 6.40. The van der Waals surface area contributed by atoms with Crippen molar-refractivity contribution in [2.24, 2.45) is 0 Å². The predicted octanol–water partition coefficient (Wildman–Crippen LogP) is 2.75. The van der Waals surface area contributed by atoms with Gasteiger partial charge in [-0.2, -0.15) is 13.2 Å². The smallest absolute Gasteiger partial charge is 0.336 e. The monoisotopic (exact) mass is 357 g/mol. The summed E-state index contributed by atoms with van der Waals surface area (Å²) < 4.78 is 38.6. The van der Waals surface area contributed by atoms with Crippen LogP contribution >= 0.6 is 23.2 Å². The number of amides is 1. The maximum atomic E-state index is 12.5. The van der Waals surface area contributed by atoms with Gasteiger partial charge in [-0.3, -0.25) is 9.59 Å². The highest BCUT2D eigenvalue weighted by Crippen LogP contribution is 2.33. The first kappa shape index (κ1) is 17.1. The number of nitrogens with zero attached hydrogens (tertiary/aromatic N) is 2. The average Bonchev–Trinajstić information content (AvgIpc) is 3.01. The molecule has 1 fully saturated rings. The predicted molar refractivity (Wildman–Crippen MR) is 72.7 cm³/mol. The Morgan fingerprint density at radius 1 is 1.32 bits per heavy atom. The Labute approximate surface area is 133 Å². The van der Waals surface area contributed by atoms with Gasteiger partial charge in [0.1, 0.15) is 10.7 Å². The molecule has 0 bridgehead atoms. The lowest BCUT2D eigenvalue weighted by Gasteiger charge is -2.29. The summed E-state index contributed by atoms with van der Waals surface area (Å²) >= 11 is 11.5. The average molecular weight is 358 g/mol. The van der Waals surface area contributed by atoms with E-state index in [1.165, 1.54) is 10.9 Å². The first-order chi connectivity index (χ1) is 10.2. The molecule has 122 valence electrons. The van der Waals surface area contributed by atoms with Gasteiger partial charge in [0.2, 0.25) is 0 Å². The Morgan fingerprint density at radius 3 is 2.36 bits per heavy atom. The summed E-state index contributed by atoms with van der Waals surface area (Å²) in [6, 6.07) is 0. The van der Waals surface area contributed by atoms with E-state index in [2.05, 4.69) is 4.98 Å². The minimum Gasteiger partial charge on any atom is -0.336 e. The van der Waals surface area contributed by atoms with Crippen molar-refractivity contribution in [1.82, 2.24) is 14.9 Å². The molecule has 10 heteroatoms. The Morgan fingerprint density at radius 2 is 1.91 bits per heavy atom. The van der Waals surface area contributed by atoms with Crippen LogP contribution in [0, 0.1) is 0 Å². The third-order valence-electron chi connectivity index (χ3n) is 3.65. The van der Waals surface area contributed by atoms with Crippen LogP contribution in [0.1, 0.15) is 25.7 Å². The highest BCUT2D eigenvalue weighted by atomic mass is 35.5. The fourth-order valence-corrected chi connectivity index (χ4v) is 2.80. The van der Waals surface area contributed by atoms with Crippen molar-refractivity contribution in [3.8, 4) is 0 Å². The zero-order valence-electron chi connectivity index (χ0n) is 11.2. The van der Waals surface area contributed by atoms with Gasteiger partial charge in [0.25, 0.3) is 0 Å². The maximum absolute atomic E-state index is 12.5. The lowest BCUT2D eigenvalue weighted by molar-refractivity contribution is -0.176. The molecule has 0 saturated heterocycles. The first-order valence-corrected chi connectivity index (χ1v) is 7.20. The van der Waals surface area contributed by atoms with Gasteiger partial charge in [-0.25, -0.2) is 4.98 Å². The summed E-state index contributed by atoms with van der Waals surface area (Å²) in [5.74, 6) is -2.67. The molecule has 1 amide bonds. The van der Waals surface area contributed by atoms with Crippen LogP contribution in [0.5, 0.6) is 0 Å². The molecule has 0 aliphatic heterocycles. The summed E-state index contributed by atoms with van der Waals surface area (Å²) in [7, 11) is 0. The zero-order valence-corrected chi connectivity index (χ0v) is 12.7. The number of imidazole rings is 1. The number of rotatable bonds is 4. The molecule has 0 radical (unpaired) electrons. The lowest BCUT2D eigenvalue weighted by Crippen LogP contribution is -2.56. The van der Waals surface area contributed by atoms with Gasteiger partial charge in [-0.15, -0.1) is 0 Å². The minimum atomic E-state index is -5.04. The van der Waals surface area contributed by atoms with Gasteiger partial charge in [-0.1, -0.05) is 36.0 Å². The van der Waals surface area contributed by atoms with Crippen LogP contribution in [-0.4, -0.2) is 33.0 Å². The molecule has 1 N–H and O–H groups in total. The number of halogens is 5.